The van der Waals surface area contributed by atoms with E-state index in [4.69, 9.17) is 10.5 Å². The highest BCUT2D eigenvalue weighted by molar-refractivity contribution is 5.97. The predicted molar refractivity (Wildman–Crippen MR) is 90.1 cm³/mol. The molecular formula is C17H24N4O2. The first kappa shape index (κ1) is 17.0. The van der Waals surface area contributed by atoms with Crippen molar-refractivity contribution in [2.24, 2.45) is 12.8 Å². The molecule has 1 atom stereocenters. The second-order valence-corrected chi connectivity index (χ2v) is 5.89. The van der Waals surface area contributed by atoms with Gasteiger partial charge >= 0.3 is 0 Å². The Labute approximate surface area is 136 Å². The van der Waals surface area contributed by atoms with E-state index in [0.29, 0.717) is 18.7 Å². The van der Waals surface area contributed by atoms with Gasteiger partial charge in [0.25, 0.3) is 0 Å². The molecule has 1 unspecified atom stereocenters. The van der Waals surface area contributed by atoms with Gasteiger partial charge in [-0.2, -0.15) is 0 Å². The number of carbonyl (C=O) groups excluding carboxylic acids is 1. The Morgan fingerprint density at radius 1 is 1.39 bits per heavy atom. The van der Waals surface area contributed by atoms with Gasteiger partial charge in [-0.15, -0.1) is 0 Å². The van der Waals surface area contributed by atoms with Crippen LogP contribution in [0.2, 0.25) is 0 Å². The van der Waals surface area contributed by atoms with Crippen LogP contribution in [0.15, 0.2) is 36.7 Å². The van der Waals surface area contributed by atoms with Crippen molar-refractivity contribution in [3.8, 4) is 5.75 Å². The lowest BCUT2D eigenvalue weighted by molar-refractivity contribution is -0.120. The number of hydrogen-bond donors (Lipinski definition) is 2. The maximum atomic E-state index is 12.1. The highest BCUT2D eigenvalue weighted by Crippen LogP contribution is 2.18. The minimum Gasteiger partial charge on any atom is -0.486 e. The molecule has 0 fully saturated rings. The van der Waals surface area contributed by atoms with E-state index >= 15 is 0 Å². The fourth-order valence-electron chi connectivity index (χ4n) is 2.22. The zero-order chi connectivity index (χ0) is 16.9. The summed E-state index contributed by atoms with van der Waals surface area (Å²) in [7, 11) is 1.92. The van der Waals surface area contributed by atoms with Crippen molar-refractivity contribution < 1.29 is 9.53 Å². The third-order valence-corrected chi connectivity index (χ3v) is 3.69. The smallest absolute Gasteiger partial charge is 0.244 e. The van der Waals surface area contributed by atoms with E-state index in [-0.39, 0.29) is 5.91 Å². The summed E-state index contributed by atoms with van der Waals surface area (Å²) in [4.78, 5) is 16.3. The predicted octanol–water partition coefficient (Wildman–Crippen LogP) is 2.46. The molecule has 0 spiro atoms. The van der Waals surface area contributed by atoms with Crippen molar-refractivity contribution in [2.45, 2.75) is 38.8 Å². The van der Waals surface area contributed by atoms with E-state index in [1.54, 1.807) is 25.3 Å². The van der Waals surface area contributed by atoms with Gasteiger partial charge in [0.2, 0.25) is 5.91 Å². The Morgan fingerprint density at radius 3 is 2.65 bits per heavy atom. The quantitative estimate of drug-likeness (QED) is 0.822. The summed E-state index contributed by atoms with van der Waals surface area (Å²) in [6.45, 7) is 4.15. The zero-order valence-electron chi connectivity index (χ0n) is 13.9. The number of imidazole rings is 1. The summed E-state index contributed by atoms with van der Waals surface area (Å²) < 4.78 is 7.58. The Hall–Kier alpha value is -2.34. The number of amides is 1. The van der Waals surface area contributed by atoms with Crippen molar-refractivity contribution >= 4 is 11.6 Å². The van der Waals surface area contributed by atoms with Crippen molar-refractivity contribution in [2.75, 3.05) is 5.32 Å². The summed E-state index contributed by atoms with van der Waals surface area (Å²) in [6.07, 6.45) is 5.11. The number of carbonyl (C=O) groups is 1. The molecule has 1 amide bonds. The standard InChI is InChI=1S/C17H24N4O2/c1-4-9-17(2,18)16(22)20-13-5-7-14(8-6-13)23-12-15-19-10-11-21(15)3/h5-8,10-11H,4,9,12,18H2,1-3H3,(H,20,22). The lowest BCUT2D eigenvalue weighted by Crippen LogP contribution is -2.48. The molecule has 1 aromatic carbocycles. The van der Waals surface area contributed by atoms with Crippen LogP contribution in [-0.2, 0) is 18.4 Å². The number of hydrogen-bond acceptors (Lipinski definition) is 4. The number of nitrogens with one attached hydrogen (secondary N) is 1. The Balaban J connectivity index is 1.92. The van der Waals surface area contributed by atoms with Crippen molar-refractivity contribution in [1.29, 1.82) is 0 Å². The summed E-state index contributed by atoms with van der Waals surface area (Å²) in [5, 5.41) is 2.84. The van der Waals surface area contributed by atoms with E-state index in [9.17, 15) is 4.79 Å². The van der Waals surface area contributed by atoms with Gasteiger partial charge in [-0.1, -0.05) is 13.3 Å². The summed E-state index contributed by atoms with van der Waals surface area (Å²) >= 11 is 0. The molecule has 3 N–H and O–H groups in total. The molecule has 6 nitrogen and oxygen atoms in total. The fraction of sp³-hybridized carbons (Fsp3) is 0.412. The number of nitrogens with two attached hydrogens (primary N) is 1. The van der Waals surface area contributed by atoms with E-state index in [1.165, 1.54) is 0 Å². The molecular weight excluding hydrogens is 292 g/mol. The van der Waals surface area contributed by atoms with Crippen LogP contribution in [0, 0.1) is 0 Å². The van der Waals surface area contributed by atoms with Crippen LogP contribution in [-0.4, -0.2) is 21.0 Å². The maximum absolute atomic E-state index is 12.1. The first-order valence-electron chi connectivity index (χ1n) is 7.72. The van der Waals surface area contributed by atoms with Crippen LogP contribution in [0.4, 0.5) is 5.69 Å². The first-order valence-corrected chi connectivity index (χ1v) is 7.72. The van der Waals surface area contributed by atoms with Gasteiger partial charge in [-0.3, -0.25) is 4.79 Å². The molecule has 0 radical (unpaired) electrons. The van der Waals surface area contributed by atoms with Crippen molar-refractivity contribution in [3.05, 3.63) is 42.5 Å². The van der Waals surface area contributed by atoms with E-state index in [0.717, 1.165) is 18.0 Å². The first-order chi connectivity index (χ1) is 10.9. The molecule has 0 saturated heterocycles. The summed E-state index contributed by atoms with van der Waals surface area (Å²) in [6, 6.07) is 7.22. The molecule has 0 aliphatic heterocycles. The van der Waals surface area contributed by atoms with E-state index in [2.05, 4.69) is 10.3 Å². The maximum Gasteiger partial charge on any atom is 0.244 e. The average molecular weight is 316 g/mol. The van der Waals surface area contributed by atoms with Gasteiger partial charge in [-0.05, 0) is 37.6 Å². The van der Waals surface area contributed by atoms with E-state index in [1.807, 2.05) is 36.9 Å². The van der Waals surface area contributed by atoms with Gasteiger partial charge in [0.05, 0.1) is 5.54 Å². The van der Waals surface area contributed by atoms with Crippen LogP contribution in [0.5, 0.6) is 5.75 Å². The number of anilines is 1. The number of ether oxygens (including phenoxy) is 1. The third kappa shape index (κ3) is 4.56. The normalized spacial score (nSPS) is 13.4. The number of aromatic nitrogens is 2. The third-order valence-electron chi connectivity index (χ3n) is 3.69. The molecule has 0 bridgehead atoms. The number of nitrogens with zero attached hydrogens (tertiary/aromatic N) is 2. The minimum atomic E-state index is -0.859. The van der Waals surface area contributed by atoms with Gasteiger partial charge in [-0.25, -0.2) is 4.98 Å². The van der Waals surface area contributed by atoms with Crippen LogP contribution in [0.3, 0.4) is 0 Å². The van der Waals surface area contributed by atoms with Crippen LogP contribution in [0.1, 0.15) is 32.5 Å². The number of rotatable bonds is 7. The molecule has 0 saturated carbocycles. The summed E-state index contributed by atoms with van der Waals surface area (Å²) in [5.74, 6) is 1.39. The lowest BCUT2D eigenvalue weighted by Gasteiger charge is -2.22. The van der Waals surface area contributed by atoms with Crippen LogP contribution < -0.4 is 15.8 Å². The molecule has 1 aromatic heterocycles. The second kappa shape index (κ2) is 7.28. The molecule has 2 aromatic rings. The molecule has 0 aliphatic carbocycles. The topological polar surface area (TPSA) is 82.2 Å². The van der Waals surface area contributed by atoms with Crippen molar-refractivity contribution in [3.63, 3.8) is 0 Å². The lowest BCUT2D eigenvalue weighted by atomic mass is 9.96. The number of aryl methyl sites for hydroxylation is 1. The zero-order valence-corrected chi connectivity index (χ0v) is 13.9. The number of benzene rings is 1. The molecule has 6 heteroatoms. The van der Waals surface area contributed by atoms with Crippen LogP contribution in [0.25, 0.3) is 0 Å². The van der Waals surface area contributed by atoms with Crippen molar-refractivity contribution in [1.82, 2.24) is 9.55 Å². The Morgan fingerprint density at radius 2 is 2.09 bits per heavy atom. The van der Waals surface area contributed by atoms with Gasteiger partial charge in [0.15, 0.2) is 0 Å². The highest BCUT2D eigenvalue weighted by Gasteiger charge is 2.27. The Bertz CT molecular complexity index is 647. The van der Waals surface area contributed by atoms with Gasteiger partial charge < -0.3 is 20.4 Å². The average Bonchev–Trinajstić information content (AvgIpc) is 2.92. The van der Waals surface area contributed by atoms with Crippen LogP contribution >= 0.6 is 0 Å². The molecule has 124 valence electrons. The minimum absolute atomic E-state index is 0.180. The largest absolute Gasteiger partial charge is 0.486 e. The monoisotopic (exact) mass is 316 g/mol. The Kier molecular flexibility index (Phi) is 5.39. The van der Waals surface area contributed by atoms with Gasteiger partial charge in [0, 0.05) is 25.1 Å². The summed E-state index contributed by atoms with van der Waals surface area (Å²) in [5.41, 5.74) is 5.86. The molecule has 0 aliphatic rings. The van der Waals surface area contributed by atoms with Gasteiger partial charge in [0.1, 0.15) is 18.2 Å². The highest BCUT2D eigenvalue weighted by atomic mass is 16.5. The molecule has 23 heavy (non-hydrogen) atoms. The SMILES string of the molecule is CCCC(C)(N)C(=O)Nc1ccc(OCc2nccn2C)cc1. The molecule has 2 rings (SSSR count). The second-order valence-electron chi connectivity index (χ2n) is 5.89. The fourth-order valence-corrected chi connectivity index (χ4v) is 2.22. The van der Waals surface area contributed by atoms with E-state index < -0.39 is 5.54 Å². The molecule has 1 heterocycles.